The summed E-state index contributed by atoms with van der Waals surface area (Å²) in [5.41, 5.74) is 0.489. The van der Waals surface area contributed by atoms with Gasteiger partial charge in [-0.05, 0) is 26.2 Å². The van der Waals surface area contributed by atoms with Gasteiger partial charge in [-0.1, -0.05) is 0 Å². The molecule has 0 aliphatic rings. The summed E-state index contributed by atoms with van der Waals surface area (Å²) in [5.74, 6) is 1.79. The van der Waals surface area contributed by atoms with E-state index in [0.29, 0.717) is 5.69 Å². The topological polar surface area (TPSA) is 65.5 Å². The molecule has 0 spiro atoms. The molecule has 0 radical (unpaired) electrons. The summed E-state index contributed by atoms with van der Waals surface area (Å²) in [5, 5.41) is 2.72. The number of carbonyl (C=O) groups is 2. The molecule has 0 amide bonds. The molecule has 1 aromatic rings. The molecule has 0 unspecified atom stereocenters. The Morgan fingerprint density at radius 3 is 2.78 bits per heavy atom. The summed E-state index contributed by atoms with van der Waals surface area (Å²) < 4.78 is 9.51. The van der Waals surface area contributed by atoms with Crippen molar-refractivity contribution in [2.24, 2.45) is 0 Å². The number of aromatic nitrogens is 1. The molecular formula is C11H8INO4S. The summed E-state index contributed by atoms with van der Waals surface area (Å²) in [4.78, 5) is 26.3. The lowest BCUT2D eigenvalue weighted by molar-refractivity contribution is -0.131. The van der Waals surface area contributed by atoms with E-state index in [1.54, 1.807) is 0 Å². The van der Waals surface area contributed by atoms with Gasteiger partial charge in [0, 0.05) is 34.3 Å². The Balaban J connectivity index is 3.19. The molecule has 1 aromatic heterocycles. The number of hydrogen-bond acceptors (Lipinski definition) is 6. The van der Waals surface area contributed by atoms with Crippen LogP contribution in [0.25, 0.3) is 0 Å². The van der Waals surface area contributed by atoms with Gasteiger partial charge in [0.25, 0.3) is 0 Å². The fraction of sp³-hybridized carbons (Fsp3) is 0.182. The molecule has 94 valence electrons. The summed E-state index contributed by atoms with van der Waals surface area (Å²) in [6, 6.07) is 1.38. The van der Waals surface area contributed by atoms with Crippen LogP contribution in [0.2, 0.25) is 0 Å². The molecular weight excluding hydrogens is 369 g/mol. The SMILES string of the molecule is COC(=O)c1cnc(C#CSI)c(OC(C)=O)c1. The first-order valence-corrected chi connectivity index (χ1v) is 7.99. The average molecular weight is 377 g/mol. The van der Waals surface area contributed by atoms with E-state index >= 15 is 0 Å². The highest BCUT2D eigenvalue weighted by Crippen LogP contribution is 2.19. The van der Waals surface area contributed by atoms with Crippen LogP contribution in [-0.2, 0) is 9.53 Å². The number of hydrogen-bond donors (Lipinski definition) is 0. The molecule has 0 bridgehead atoms. The van der Waals surface area contributed by atoms with Gasteiger partial charge in [-0.15, -0.1) is 0 Å². The van der Waals surface area contributed by atoms with Crippen molar-refractivity contribution in [3.05, 3.63) is 23.5 Å². The van der Waals surface area contributed by atoms with Crippen molar-refractivity contribution in [3.8, 4) is 16.9 Å². The second-order valence-corrected chi connectivity index (χ2v) is 4.64. The van der Waals surface area contributed by atoms with Gasteiger partial charge < -0.3 is 9.47 Å². The van der Waals surface area contributed by atoms with E-state index in [0.717, 1.165) is 0 Å². The van der Waals surface area contributed by atoms with Crippen LogP contribution >= 0.6 is 30.1 Å². The molecule has 18 heavy (non-hydrogen) atoms. The lowest BCUT2D eigenvalue weighted by Gasteiger charge is -2.05. The van der Waals surface area contributed by atoms with Crippen molar-refractivity contribution in [2.75, 3.05) is 7.11 Å². The number of esters is 2. The van der Waals surface area contributed by atoms with Gasteiger partial charge in [-0.2, -0.15) is 0 Å². The number of halogens is 1. The van der Waals surface area contributed by atoms with E-state index in [-0.39, 0.29) is 11.3 Å². The number of methoxy groups -OCH3 is 1. The van der Waals surface area contributed by atoms with Gasteiger partial charge in [-0.3, -0.25) is 4.79 Å². The third-order valence-electron chi connectivity index (χ3n) is 1.74. The standard InChI is InChI=1S/C11H8INO4S/c1-7(14)17-10-5-8(11(15)16-2)6-13-9(10)3-4-18-12/h5-6H,1-2H3. The highest BCUT2D eigenvalue weighted by molar-refractivity contribution is 14.2. The molecule has 1 heterocycles. The third kappa shape index (κ3) is 4.19. The molecule has 0 atom stereocenters. The molecule has 0 N–H and O–H groups in total. The number of pyridine rings is 1. The van der Waals surface area contributed by atoms with Crippen molar-refractivity contribution in [1.82, 2.24) is 4.98 Å². The van der Waals surface area contributed by atoms with Crippen LogP contribution in [0, 0.1) is 11.2 Å². The van der Waals surface area contributed by atoms with E-state index in [4.69, 9.17) is 4.74 Å². The Kier molecular flexibility index (Phi) is 5.94. The Hall–Kier alpha value is -1.27. The zero-order valence-electron chi connectivity index (χ0n) is 9.52. The van der Waals surface area contributed by atoms with E-state index in [2.05, 4.69) is 20.9 Å². The maximum atomic E-state index is 11.3. The van der Waals surface area contributed by atoms with Crippen molar-refractivity contribution in [3.63, 3.8) is 0 Å². The minimum absolute atomic E-state index is 0.142. The quantitative estimate of drug-likeness (QED) is 0.447. The second-order valence-electron chi connectivity index (χ2n) is 2.96. The molecule has 0 aromatic carbocycles. The minimum atomic E-state index is -0.557. The minimum Gasteiger partial charge on any atom is -0.465 e. The van der Waals surface area contributed by atoms with Crippen LogP contribution in [-0.4, -0.2) is 24.0 Å². The average Bonchev–Trinajstić information content (AvgIpc) is 2.35. The zero-order valence-corrected chi connectivity index (χ0v) is 12.5. The number of ether oxygens (including phenoxy) is 2. The summed E-state index contributed by atoms with van der Waals surface area (Å²) in [6.07, 6.45) is 1.32. The lowest BCUT2D eigenvalue weighted by Crippen LogP contribution is -2.07. The monoisotopic (exact) mass is 377 g/mol. The maximum absolute atomic E-state index is 11.3. The third-order valence-corrected chi connectivity index (χ3v) is 2.58. The van der Waals surface area contributed by atoms with Crippen molar-refractivity contribution in [1.29, 1.82) is 0 Å². The van der Waals surface area contributed by atoms with Crippen molar-refractivity contribution in [2.45, 2.75) is 6.92 Å². The van der Waals surface area contributed by atoms with E-state index in [1.807, 2.05) is 21.2 Å². The van der Waals surface area contributed by atoms with Crippen LogP contribution < -0.4 is 4.74 Å². The van der Waals surface area contributed by atoms with Crippen molar-refractivity contribution < 1.29 is 19.1 Å². The molecule has 0 saturated heterocycles. The predicted octanol–water partition coefficient (Wildman–Crippen LogP) is 2.19. The Morgan fingerprint density at radius 2 is 2.22 bits per heavy atom. The maximum Gasteiger partial charge on any atom is 0.339 e. The molecule has 7 heteroatoms. The number of rotatable bonds is 2. The van der Waals surface area contributed by atoms with Gasteiger partial charge in [0.15, 0.2) is 11.4 Å². The molecule has 0 aliphatic heterocycles. The van der Waals surface area contributed by atoms with Gasteiger partial charge in [0.05, 0.1) is 12.7 Å². The smallest absolute Gasteiger partial charge is 0.339 e. The fourth-order valence-corrected chi connectivity index (χ4v) is 1.53. The van der Waals surface area contributed by atoms with Crippen LogP contribution in [0.15, 0.2) is 12.3 Å². The van der Waals surface area contributed by atoms with Crippen LogP contribution in [0.3, 0.4) is 0 Å². The first-order chi connectivity index (χ1) is 8.58. The lowest BCUT2D eigenvalue weighted by atomic mass is 10.2. The highest BCUT2D eigenvalue weighted by atomic mass is 127. The fourth-order valence-electron chi connectivity index (χ4n) is 1.07. The number of carbonyl (C=O) groups excluding carboxylic acids is 2. The molecule has 5 nitrogen and oxygen atoms in total. The molecule has 0 saturated carbocycles. The molecule has 0 aliphatic carbocycles. The van der Waals surface area contributed by atoms with Gasteiger partial charge in [-0.25, -0.2) is 9.78 Å². The summed E-state index contributed by atoms with van der Waals surface area (Å²) in [6.45, 7) is 1.26. The first kappa shape index (κ1) is 14.8. The Bertz CT molecular complexity index is 536. The number of nitrogens with zero attached hydrogens (tertiary/aromatic N) is 1. The van der Waals surface area contributed by atoms with Gasteiger partial charge >= 0.3 is 11.9 Å². The van der Waals surface area contributed by atoms with E-state index in [1.165, 1.54) is 35.2 Å². The molecule has 1 rings (SSSR count). The Morgan fingerprint density at radius 1 is 1.50 bits per heavy atom. The normalized spacial score (nSPS) is 9.06. The second kappa shape index (κ2) is 7.23. The van der Waals surface area contributed by atoms with Crippen molar-refractivity contribution >= 4 is 42.1 Å². The summed E-state index contributed by atoms with van der Waals surface area (Å²) in [7, 11) is 2.53. The van der Waals surface area contributed by atoms with Gasteiger partial charge in [0.2, 0.25) is 0 Å². The largest absolute Gasteiger partial charge is 0.465 e. The van der Waals surface area contributed by atoms with Crippen LogP contribution in [0.1, 0.15) is 23.0 Å². The first-order valence-electron chi connectivity index (χ1n) is 4.64. The predicted molar refractivity (Wildman–Crippen MR) is 75.4 cm³/mol. The summed E-state index contributed by atoms with van der Waals surface area (Å²) >= 11 is 2.01. The Labute approximate surface area is 120 Å². The van der Waals surface area contributed by atoms with Crippen LogP contribution in [0.5, 0.6) is 5.75 Å². The van der Waals surface area contributed by atoms with Crippen LogP contribution in [0.4, 0.5) is 0 Å². The van der Waals surface area contributed by atoms with Gasteiger partial charge in [0.1, 0.15) is 0 Å². The van der Waals surface area contributed by atoms with E-state index in [9.17, 15) is 9.59 Å². The molecule has 0 fully saturated rings. The zero-order chi connectivity index (χ0) is 13.5. The van der Waals surface area contributed by atoms with E-state index < -0.39 is 11.9 Å². The highest BCUT2D eigenvalue weighted by Gasteiger charge is 2.12.